The number of aliphatic hydroxyl groups is 2. The smallest absolute Gasteiger partial charge is 0.267 e. The van der Waals surface area contributed by atoms with Crippen molar-refractivity contribution in [2.75, 3.05) is 5.75 Å². The van der Waals surface area contributed by atoms with Crippen LogP contribution in [0.15, 0.2) is 24.3 Å². The van der Waals surface area contributed by atoms with E-state index in [1.807, 2.05) is 0 Å². The Kier molecular flexibility index (Phi) is 31.5. The maximum Gasteiger partial charge on any atom is 0.267 e. The van der Waals surface area contributed by atoms with Crippen LogP contribution >= 0.6 is 0 Å². The summed E-state index contributed by atoms with van der Waals surface area (Å²) in [4.78, 5) is 12.5. The van der Waals surface area contributed by atoms with Crippen molar-refractivity contribution in [2.24, 2.45) is 0 Å². The average Bonchev–Trinajstić information content (AvgIpc) is 3.01. The van der Waals surface area contributed by atoms with Gasteiger partial charge in [-0.05, 0) is 32.1 Å². The lowest BCUT2D eigenvalue weighted by atomic mass is 10.0. The Labute approximate surface area is 284 Å². The van der Waals surface area contributed by atoms with Gasteiger partial charge in [-0.15, -0.1) is 0 Å². The Morgan fingerprint density at radius 1 is 0.587 bits per heavy atom. The van der Waals surface area contributed by atoms with Crippen molar-refractivity contribution in [2.45, 2.75) is 205 Å². The van der Waals surface area contributed by atoms with Crippen LogP contribution in [-0.2, 0) is 14.9 Å². The summed E-state index contributed by atoms with van der Waals surface area (Å²) in [5.41, 5.74) is 0. The molecule has 0 aromatic carbocycles. The number of hydrogen-bond acceptors (Lipinski definition) is 5. The van der Waals surface area contributed by atoms with E-state index in [2.05, 4.69) is 31.3 Å². The lowest BCUT2D eigenvalue weighted by Gasteiger charge is -2.22. The first kappa shape index (κ1) is 44.8. The van der Waals surface area contributed by atoms with Gasteiger partial charge in [0.2, 0.25) is 5.91 Å². The summed E-state index contributed by atoms with van der Waals surface area (Å²) in [6.45, 7) is 4.48. The quantitative estimate of drug-likeness (QED) is 0.0307. The molecule has 1 amide bonds. The van der Waals surface area contributed by atoms with Crippen LogP contribution in [0.25, 0.3) is 0 Å². The number of amides is 1. The summed E-state index contributed by atoms with van der Waals surface area (Å²) in [7, 11) is -4.44. The summed E-state index contributed by atoms with van der Waals surface area (Å²) in [6, 6.07) is -1.24. The molecular formula is C38H73NO6S. The molecule has 0 bridgehead atoms. The zero-order chi connectivity index (χ0) is 34.1. The molecule has 0 rings (SSSR count). The van der Waals surface area contributed by atoms with Gasteiger partial charge in [-0.2, -0.15) is 8.42 Å². The summed E-state index contributed by atoms with van der Waals surface area (Å²) in [5, 5.41) is 23.3. The highest BCUT2D eigenvalue weighted by Gasteiger charge is 2.27. The number of carbonyl (C=O) groups excluding carboxylic acids is 1. The molecule has 0 saturated carbocycles. The molecule has 3 atom stereocenters. The third-order valence-electron chi connectivity index (χ3n) is 8.74. The molecule has 4 N–H and O–H groups in total. The van der Waals surface area contributed by atoms with Gasteiger partial charge in [-0.1, -0.05) is 179 Å². The first-order valence-electron chi connectivity index (χ1n) is 19.1. The van der Waals surface area contributed by atoms with Gasteiger partial charge in [0.05, 0.1) is 17.9 Å². The van der Waals surface area contributed by atoms with E-state index >= 15 is 0 Å². The van der Waals surface area contributed by atoms with Crippen molar-refractivity contribution in [1.82, 2.24) is 5.32 Å². The first-order valence-corrected chi connectivity index (χ1v) is 20.8. The SMILES string of the molecule is CCCCCCCCC/C=C/CC/C=C/C(O)C(CS(=O)(=O)O)NC(=O)C(O)CCCCCCCCCCCCCCCCCC. The number of carbonyl (C=O) groups is 1. The van der Waals surface area contributed by atoms with Gasteiger partial charge in [-0.25, -0.2) is 0 Å². The fraction of sp³-hybridized carbons (Fsp3) is 0.868. The number of aliphatic hydroxyl groups excluding tert-OH is 2. The third-order valence-corrected chi connectivity index (χ3v) is 9.52. The van der Waals surface area contributed by atoms with Crippen LogP contribution in [0, 0.1) is 0 Å². The summed E-state index contributed by atoms with van der Waals surface area (Å²) in [6.07, 6.45) is 36.6. The molecule has 272 valence electrons. The highest BCUT2D eigenvalue weighted by molar-refractivity contribution is 7.85. The molecule has 0 aliphatic rings. The third kappa shape index (κ3) is 31.4. The molecule has 0 radical (unpaired) electrons. The van der Waals surface area contributed by atoms with Gasteiger partial charge < -0.3 is 15.5 Å². The predicted octanol–water partition coefficient (Wildman–Crippen LogP) is 9.77. The average molecular weight is 672 g/mol. The zero-order valence-electron chi connectivity index (χ0n) is 29.8. The Morgan fingerprint density at radius 3 is 1.43 bits per heavy atom. The molecule has 0 fully saturated rings. The van der Waals surface area contributed by atoms with Crippen molar-refractivity contribution in [3.8, 4) is 0 Å². The molecule has 0 saturated heterocycles. The minimum Gasteiger partial charge on any atom is -0.387 e. The number of nitrogens with one attached hydrogen (secondary N) is 1. The van der Waals surface area contributed by atoms with E-state index in [4.69, 9.17) is 0 Å². The van der Waals surface area contributed by atoms with Crippen LogP contribution in [-0.4, -0.2) is 53.1 Å². The van der Waals surface area contributed by atoms with Crippen molar-refractivity contribution in [1.29, 1.82) is 0 Å². The van der Waals surface area contributed by atoms with Crippen LogP contribution in [0.5, 0.6) is 0 Å². The normalized spacial score (nSPS) is 14.3. The van der Waals surface area contributed by atoms with Gasteiger partial charge in [0, 0.05) is 0 Å². The van der Waals surface area contributed by atoms with E-state index in [-0.39, 0.29) is 6.42 Å². The topological polar surface area (TPSA) is 124 Å². The molecule has 3 unspecified atom stereocenters. The second-order valence-electron chi connectivity index (χ2n) is 13.3. The molecule has 7 nitrogen and oxygen atoms in total. The molecular weight excluding hydrogens is 598 g/mol. The van der Waals surface area contributed by atoms with Crippen LogP contribution in [0.2, 0.25) is 0 Å². The minimum absolute atomic E-state index is 0.278. The largest absolute Gasteiger partial charge is 0.387 e. The summed E-state index contributed by atoms with van der Waals surface area (Å²) in [5.74, 6) is -1.55. The Balaban J connectivity index is 4.10. The molecule has 0 aromatic heterocycles. The second kappa shape index (κ2) is 32.3. The lowest BCUT2D eigenvalue weighted by Crippen LogP contribution is -2.50. The second-order valence-corrected chi connectivity index (χ2v) is 14.8. The van der Waals surface area contributed by atoms with Gasteiger partial charge >= 0.3 is 0 Å². The van der Waals surface area contributed by atoms with Crippen LogP contribution in [0.4, 0.5) is 0 Å². The van der Waals surface area contributed by atoms with E-state index in [0.29, 0.717) is 12.8 Å². The van der Waals surface area contributed by atoms with Crippen LogP contribution in [0.3, 0.4) is 0 Å². The Bertz CT molecular complexity index is 844. The molecule has 8 heteroatoms. The van der Waals surface area contributed by atoms with Gasteiger partial charge in [0.1, 0.15) is 6.10 Å². The predicted molar refractivity (Wildman–Crippen MR) is 195 cm³/mol. The highest BCUT2D eigenvalue weighted by Crippen LogP contribution is 2.15. The fourth-order valence-corrected chi connectivity index (χ4v) is 6.50. The number of hydrogen-bond donors (Lipinski definition) is 4. The van der Waals surface area contributed by atoms with E-state index < -0.39 is 40.0 Å². The monoisotopic (exact) mass is 672 g/mol. The summed E-state index contributed by atoms with van der Waals surface area (Å²) >= 11 is 0. The van der Waals surface area contributed by atoms with Crippen LogP contribution < -0.4 is 5.32 Å². The van der Waals surface area contributed by atoms with Crippen LogP contribution in [0.1, 0.15) is 187 Å². The van der Waals surface area contributed by atoms with Gasteiger partial charge in [-0.3, -0.25) is 9.35 Å². The van der Waals surface area contributed by atoms with E-state index in [1.54, 1.807) is 6.08 Å². The van der Waals surface area contributed by atoms with Crippen molar-refractivity contribution in [3.63, 3.8) is 0 Å². The molecule has 0 spiro atoms. The number of rotatable bonds is 34. The molecule has 0 aliphatic heterocycles. The molecule has 0 heterocycles. The Hall–Kier alpha value is -1.22. The fourth-order valence-electron chi connectivity index (χ4n) is 5.77. The highest BCUT2D eigenvalue weighted by atomic mass is 32.2. The van der Waals surface area contributed by atoms with Crippen molar-refractivity contribution in [3.05, 3.63) is 24.3 Å². The van der Waals surface area contributed by atoms with E-state index in [0.717, 1.165) is 32.1 Å². The standard InChI is InChI=1S/C38H73NO6S/c1-3-5-7-9-11-13-15-17-18-19-21-23-25-27-29-31-33-37(41)38(42)39-35(34-46(43,44)45)36(40)32-30-28-26-24-22-20-16-14-12-10-8-6-4-2/h22,24,30,32,35-37,40-41H,3-21,23,25-29,31,33-34H2,1-2H3,(H,39,42)(H,43,44,45)/b24-22+,32-30+. The molecule has 0 aliphatic carbocycles. The first-order chi connectivity index (χ1) is 22.2. The zero-order valence-corrected chi connectivity index (χ0v) is 30.6. The minimum atomic E-state index is -4.44. The maximum absolute atomic E-state index is 12.5. The number of unbranched alkanes of at least 4 members (excludes halogenated alkanes) is 23. The van der Waals surface area contributed by atoms with Gasteiger partial charge in [0.15, 0.2) is 0 Å². The molecule has 0 aromatic rings. The Morgan fingerprint density at radius 2 is 0.978 bits per heavy atom. The van der Waals surface area contributed by atoms with Crippen molar-refractivity contribution >= 4 is 16.0 Å². The molecule has 46 heavy (non-hydrogen) atoms. The van der Waals surface area contributed by atoms with E-state index in [9.17, 15) is 28.0 Å². The number of allylic oxidation sites excluding steroid dienone is 3. The van der Waals surface area contributed by atoms with Gasteiger partial charge in [0.25, 0.3) is 10.1 Å². The lowest BCUT2D eigenvalue weighted by molar-refractivity contribution is -0.130. The van der Waals surface area contributed by atoms with Crippen molar-refractivity contribution < 1.29 is 28.0 Å². The van der Waals surface area contributed by atoms with E-state index in [1.165, 1.54) is 128 Å². The summed E-state index contributed by atoms with van der Waals surface area (Å²) < 4.78 is 32.4. The maximum atomic E-state index is 12.5.